The molecule has 0 spiro atoms. The van der Waals surface area contributed by atoms with Crippen LogP contribution in [0.5, 0.6) is 0 Å². The van der Waals surface area contributed by atoms with Crippen LogP contribution in [0, 0.1) is 0 Å². The molecule has 0 saturated heterocycles. The highest BCUT2D eigenvalue weighted by Gasteiger charge is 2.21. The second-order valence-electron chi connectivity index (χ2n) is 4.16. The van der Waals surface area contributed by atoms with Gasteiger partial charge in [-0.2, -0.15) is 0 Å². The van der Waals surface area contributed by atoms with Gasteiger partial charge in [-0.3, -0.25) is 4.99 Å². The zero-order valence-electron chi connectivity index (χ0n) is 10.4. The molecular formula is C10H22IN3O2S. The third-order valence-electron chi connectivity index (χ3n) is 2.21. The van der Waals surface area contributed by atoms with Gasteiger partial charge in [-0.25, -0.2) is 8.42 Å². The number of guanidine groups is 1. The maximum Gasteiger partial charge on any atom is 0.191 e. The summed E-state index contributed by atoms with van der Waals surface area (Å²) in [5.74, 6) is 1.01. The fraction of sp³-hybridized carbons (Fsp3) is 0.900. The van der Waals surface area contributed by atoms with Gasteiger partial charge in [0.1, 0.15) is 9.84 Å². The molecule has 0 unspecified atom stereocenters. The van der Waals surface area contributed by atoms with Crippen molar-refractivity contribution in [2.75, 3.05) is 25.1 Å². The molecule has 0 bridgehead atoms. The molecule has 17 heavy (non-hydrogen) atoms. The van der Waals surface area contributed by atoms with E-state index in [1.807, 2.05) is 6.92 Å². The average molecular weight is 375 g/mol. The Labute approximate surface area is 121 Å². The zero-order chi connectivity index (χ0) is 12.0. The van der Waals surface area contributed by atoms with Gasteiger partial charge in [0, 0.05) is 25.4 Å². The van der Waals surface area contributed by atoms with Crippen molar-refractivity contribution in [1.82, 2.24) is 10.6 Å². The van der Waals surface area contributed by atoms with Crippen molar-refractivity contribution in [2.45, 2.75) is 32.2 Å². The fourth-order valence-corrected chi connectivity index (χ4v) is 1.91. The minimum absolute atomic E-state index is 0. The first-order chi connectivity index (χ1) is 7.51. The van der Waals surface area contributed by atoms with Crippen molar-refractivity contribution in [3.63, 3.8) is 0 Å². The molecule has 0 aromatic carbocycles. The van der Waals surface area contributed by atoms with Crippen LogP contribution in [-0.2, 0) is 9.84 Å². The number of nitrogens with zero attached hydrogens (tertiary/aromatic N) is 1. The van der Waals surface area contributed by atoms with Crippen molar-refractivity contribution < 1.29 is 8.42 Å². The Morgan fingerprint density at radius 1 is 1.41 bits per heavy atom. The first kappa shape index (κ1) is 16.9. The van der Waals surface area contributed by atoms with E-state index in [0.717, 1.165) is 12.5 Å². The Balaban J connectivity index is 0.00000256. The molecule has 5 nitrogen and oxygen atoms in total. The quantitative estimate of drug-likeness (QED) is 0.311. The van der Waals surface area contributed by atoms with Gasteiger partial charge in [0.2, 0.25) is 0 Å². The molecular weight excluding hydrogens is 353 g/mol. The molecule has 0 atom stereocenters. The molecule has 1 aliphatic carbocycles. The lowest BCUT2D eigenvalue weighted by Gasteiger charge is -2.09. The lowest BCUT2D eigenvalue weighted by Crippen LogP contribution is -2.38. The van der Waals surface area contributed by atoms with E-state index < -0.39 is 9.84 Å². The van der Waals surface area contributed by atoms with Gasteiger partial charge < -0.3 is 10.6 Å². The average Bonchev–Trinajstić information content (AvgIpc) is 2.95. The normalized spacial score (nSPS) is 16.2. The van der Waals surface area contributed by atoms with Gasteiger partial charge in [-0.15, -0.1) is 24.0 Å². The Morgan fingerprint density at radius 2 is 2.06 bits per heavy atom. The summed E-state index contributed by atoms with van der Waals surface area (Å²) < 4.78 is 21.8. The van der Waals surface area contributed by atoms with E-state index in [-0.39, 0.29) is 29.7 Å². The van der Waals surface area contributed by atoms with E-state index in [9.17, 15) is 8.42 Å². The number of sulfone groups is 1. The van der Waals surface area contributed by atoms with E-state index >= 15 is 0 Å². The Kier molecular flexibility index (Phi) is 8.10. The van der Waals surface area contributed by atoms with E-state index in [0.29, 0.717) is 19.0 Å². The fourth-order valence-electron chi connectivity index (χ4n) is 1.26. The molecule has 1 rings (SSSR count). The van der Waals surface area contributed by atoms with Gasteiger partial charge in [-0.05, 0) is 26.2 Å². The summed E-state index contributed by atoms with van der Waals surface area (Å²) >= 11 is 0. The molecule has 7 heteroatoms. The van der Waals surface area contributed by atoms with Crippen LogP contribution in [0.25, 0.3) is 0 Å². The molecule has 0 aliphatic heterocycles. The number of nitrogens with one attached hydrogen (secondary N) is 2. The first-order valence-electron chi connectivity index (χ1n) is 5.74. The zero-order valence-corrected chi connectivity index (χ0v) is 13.5. The highest BCUT2D eigenvalue weighted by Crippen LogP contribution is 2.18. The first-order valence-corrected chi connectivity index (χ1v) is 7.80. The second-order valence-corrected chi connectivity index (χ2v) is 6.42. The van der Waals surface area contributed by atoms with Crippen molar-refractivity contribution in [3.05, 3.63) is 0 Å². The van der Waals surface area contributed by atoms with E-state index in [2.05, 4.69) is 15.6 Å². The van der Waals surface area contributed by atoms with Crippen LogP contribution in [-0.4, -0.2) is 45.5 Å². The Morgan fingerprint density at radius 3 is 2.53 bits per heavy atom. The SMILES string of the molecule is CCNC(=NCCCS(C)(=O)=O)NC1CC1.I. The summed E-state index contributed by atoms with van der Waals surface area (Å²) in [5.41, 5.74) is 0. The predicted molar refractivity (Wildman–Crippen MR) is 81.9 cm³/mol. The molecule has 0 aromatic heterocycles. The molecule has 1 fully saturated rings. The predicted octanol–water partition coefficient (Wildman–Crippen LogP) is 0.757. The number of hydrogen-bond donors (Lipinski definition) is 2. The third-order valence-corrected chi connectivity index (χ3v) is 3.24. The van der Waals surface area contributed by atoms with E-state index in [1.54, 1.807) is 0 Å². The minimum atomic E-state index is -2.86. The highest BCUT2D eigenvalue weighted by atomic mass is 127. The van der Waals surface area contributed by atoms with Crippen molar-refractivity contribution in [3.8, 4) is 0 Å². The monoisotopic (exact) mass is 375 g/mol. The van der Waals surface area contributed by atoms with Gasteiger partial charge in [0.15, 0.2) is 5.96 Å². The number of rotatable bonds is 6. The van der Waals surface area contributed by atoms with Crippen LogP contribution in [0.4, 0.5) is 0 Å². The topological polar surface area (TPSA) is 70.6 Å². The van der Waals surface area contributed by atoms with Gasteiger partial charge in [-0.1, -0.05) is 0 Å². The third kappa shape index (κ3) is 9.63. The molecule has 0 aromatic rings. The summed E-state index contributed by atoms with van der Waals surface area (Å²) in [6.45, 7) is 3.39. The second kappa shape index (κ2) is 8.12. The number of halogens is 1. The Bertz CT molecular complexity index is 339. The molecule has 1 saturated carbocycles. The van der Waals surface area contributed by atoms with Crippen LogP contribution in [0.15, 0.2) is 4.99 Å². The van der Waals surface area contributed by atoms with E-state index in [1.165, 1.54) is 19.1 Å². The Hall–Kier alpha value is -0.0500. The summed E-state index contributed by atoms with van der Waals surface area (Å²) in [6, 6.07) is 0.563. The van der Waals surface area contributed by atoms with Crippen LogP contribution in [0.2, 0.25) is 0 Å². The molecule has 0 radical (unpaired) electrons. The number of hydrogen-bond acceptors (Lipinski definition) is 3. The van der Waals surface area contributed by atoms with Crippen LogP contribution in [0.1, 0.15) is 26.2 Å². The molecule has 0 amide bonds. The maximum absolute atomic E-state index is 10.9. The van der Waals surface area contributed by atoms with Crippen LogP contribution < -0.4 is 10.6 Å². The molecule has 2 N–H and O–H groups in total. The van der Waals surface area contributed by atoms with Gasteiger partial charge in [0.25, 0.3) is 0 Å². The van der Waals surface area contributed by atoms with Crippen LogP contribution in [0.3, 0.4) is 0 Å². The molecule has 102 valence electrons. The summed E-state index contributed by atoms with van der Waals surface area (Å²) in [7, 11) is -2.86. The summed E-state index contributed by atoms with van der Waals surface area (Å²) in [4.78, 5) is 4.33. The van der Waals surface area contributed by atoms with Gasteiger partial charge in [0.05, 0.1) is 5.75 Å². The number of aliphatic imine (C=N–C) groups is 1. The maximum atomic E-state index is 10.9. The smallest absolute Gasteiger partial charge is 0.191 e. The van der Waals surface area contributed by atoms with Crippen molar-refractivity contribution >= 4 is 39.8 Å². The van der Waals surface area contributed by atoms with Crippen molar-refractivity contribution in [1.29, 1.82) is 0 Å². The van der Waals surface area contributed by atoms with E-state index in [4.69, 9.17) is 0 Å². The minimum Gasteiger partial charge on any atom is -0.357 e. The highest BCUT2D eigenvalue weighted by molar-refractivity contribution is 14.0. The lowest BCUT2D eigenvalue weighted by atomic mass is 10.5. The molecule has 0 heterocycles. The molecule has 1 aliphatic rings. The summed E-state index contributed by atoms with van der Waals surface area (Å²) in [5, 5.41) is 6.42. The summed E-state index contributed by atoms with van der Waals surface area (Å²) in [6.07, 6.45) is 4.24. The van der Waals surface area contributed by atoms with Crippen LogP contribution >= 0.6 is 24.0 Å². The largest absolute Gasteiger partial charge is 0.357 e. The standard InChI is InChI=1S/C10H21N3O2S.HI/c1-3-11-10(13-9-5-6-9)12-7-4-8-16(2,14)15;/h9H,3-8H2,1-2H3,(H2,11,12,13);1H. The van der Waals surface area contributed by atoms with Crippen molar-refractivity contribution in [2.24, 2.45) is 4.99 Å². The lowest BCUT2D eigenvalue weighted by molar-refractivity contribution is 0.599. The van der Waals surface area contributed by atoms with Gasteiger partial charge >= 0.3 is 0 Å².